The molecule has 0 saturated heterocycles. The van der Waals surface area contributed by atoms with E-state index in [1.165, 1.54) is 10.6 Å². The highest BCUT2D eigenvalue weighted by atomic mass is 19.1. The zero-order valence-corrected chi connectivity index (χ0v) is 17.8. The summed E-state index contributed by atoms with van der Waals surface area (Å²) in [6.45, 7) is 4.42. The van der Waals surface area contributed by atoms with Gasteiger partial charge in [0, 0.05) is 23.9 Å². The average molecular weight is 421 g/mol. The van der Waals surface area contributed by atoms with Gasteiger partial charge in [0.05, 0.1) is 18.6 Å². The predicted molar refractivity (Wildman–Crippen MR) is 117 cm³/mol. The molecule has 6 heteroatoms. The molecule has 1 N–H and O–H groups in total. The van der Waals surface area contributed by atoms with E-state index in [0.29, 0.717) is 23.4 Å². The fourth-order valence-electron chi connectivity index (χ4n) is 4.53. The maximum absolute atomic E-state index is 14.7. The summed E-state index contributed by atoms with van der Waals surface area (Å²) in [6.07, 6.45) is 1.47. The molecule has 2 heterocycles. The number of ether oxygens (including phenoxy) is 1. The minimum absolute atomic E-state index is 0.211. The number of hydrogen-bond acceptors (Lipinski definition) is 3. The van der Waals surface area contributed by atoms with Gasteiger partial charge in [-0.3, -0.25) is 9.59 Å². The third-order valence-corrected chi connectivity index (χ3v) is 6.08. The van der Waals surface area contributed by atoms with Gasteiger partial charge in [-0.05, 0) is 61.1 Å². The van der Waals surface area contributed by atoms with E-state index < -0.39 is 17.3 Å². The van der Waals surface area contributed by atoms with Gasteiger partial charge in [0.15, 0.2) is 0 Å². The Bertz CT molecular complexity index is 1260. The Morgan fingerprint density at radius 3 is 2.55 bits per heavy atom. The first kappa shape index (κ1) is 20.8. The molecule has 4 rings (SSSR count). The molecule has 0 fully saturated rings. The fourth-order valence-corrected chi connectivity index (χ4v) is 4.53. The second-order valence-electron chi connectivity index (χ2n) is 7.90. The van der Waals surface area contributed by atoms with E-state index in [1.807, 2.05) is 19.1 Å². The SMILES string of the molecule is Cc1c(-c2c(C)c(-c3ccccc3F)c(=O)n(C)c2CC(=O)O)ccc2c1CCCO2. The summed E-state index contributed by atoms with van der Waals surface area (Å²) in [6, 6.07) is 9.96. The molecule has 0 saturated carbocycles. The number of aliphatic carboxylic acids is 1. The summed E-state index contributed by atoms with van der Waals surface area (Å²) in [4.78, 5) is 24.9. The lowest BCUT2D eigenvalue weighted by molar-refractivity contribution is -0.136. The van der Waals surface area contributed by atoms with Crippen molar-refractivity contribution in [2.45, 2.75) is 33.1 Å². The summed E-state index contributed by atoms with van der Waals surface area (Å²) in [5.41, 5.74) is 4.59. The van der Waals surface area contributed by atoms with Crippen LogP contribution in [0.2, 0.25) is 0 Å². The number of carboxylic acids is 1. The van der Waals surface area contributed by atoms with E-state index in [2.05, 4.69) is 0 Å². The monoisotopic (exact) mass is 421 g/mol. The average Bonchev–Trinajstić information content (AvgIpc) is 2.74. The first-order valence-corrected chi connectivity index (χ1v) is 10.3. The molecule has 3 aromatic rings. The van der Waals surface area contributed by atoms with Crippen LogP contribution in [0.15, 0.2) is 41.2 Å². The van der Waals surface area contributed by atoms with E-state index in [9.17, 15) is 19.1 Å². The van der Waals surface area contributed by atoms with Crippen molar-refractivity contribution < 1.29 is 19.0 Å². The quantitative estimate of drug-likeness (QED) is 0.677. The minimum Gasteiger partial charge on any atom is -0.493 e. The van der Waals surface area contributed by atoms with Crippen LogP contribution in [0.1, 0.15) is 28.8 Å². The highest BCUT2D eigenvalue weighted by Crippen LogP contribution is 2.39. The number of halogens is 1. The topological polar surface area (TPSA) is 68.5 Å². The normalized spacial score (nSPS) is 12.9. The van der Waals surface area contributed by atoms with Crippen molar-refractivity contribution in [2.24, 2.45) is 7.05 Å². The Balaban J connectivity index is 2.09. The van der Waals surface area contributed by atoms with E-state index in [1.54, 1.807) is 32.2 Å². The van der Waals surface area contributed by atoms with E-state index in [0.717, 1.165) is 35.3 Å². The molecule has 0 unspecified atom stereocenters. The predicted octanol–water partition coefficient (Wildman–Crippen LogP) is 4.43. The molecule has 5 nitrogen and oxygen atoms in total. The number of fused-ring (bicyclic) bond motifs is 1. The highest BCUT2D eigenvalue weighted by molar-refractivity contribution is 5.84. The highest BCUT2D eigenvalue weighted by Gasteiger charge is 2.25. The van der Waals surface area contributed by atoms with Crippen molar-refractivity contribution in [3.05, 3.63) is 75.0 Å². The summed E-state index contributed by atoms with van der Waals surface area (Å²) in [5.74, 6) is -0.687. The lowest BCUT2D eigenvalue weighted by atomic mass is 9.86. The van der Waals surface area contributed by atoms with Crippen LogP contribution in [0.25, 0.3) is 22.3 Å². The second-order valence-corrected chi connectivity index (χ2v) is 7.90. The minimum atomic E-state index is -1.03. The summed E-state index contributed by atoms with van der Waals surface area (Å²) in [7, 11) is 1.55. The van der Waals surface area contributed by atoms with Crippen LogP contribution in [0.4, 0.5) is 4.39 Å². The molecule has 0 radical (unpaired) electrons. The molecular weight excluding hydrogens is 397 g/mol. The lowest BCUT2D eigenvalue weighted by Gasteiger charge is -2.24. The van der Waals surface area contributed by atoms with Crippen molar-refractivity contribution in [1.29, 1.82) is 0 Å². The number of pyridine rings is 1. The third kappa shape index (κ3) is 3.52. The number of nitrogens with zero attached hydrogens (tertiary/aromatic N) is 1. The van der Waals surface area contributed by atoms with E-state index in [4.69, 9.17) is 4.74 Å². The number of rotatable bonds is 4. The molecule has 160 valence electrons. The van der Waals surface area contributed by atoms with Crippen LogP contribution in [-0.2, 0) is 24.7 Å². The van der Waals surface area contributed by atoms with Gasteiger partial charge in [0.2, 0.25) is 0 Å². The number of aromatic nitrogens is 1. The fraction of sp³-hybridized carbons (Fsp3) is 0.280. The zero-order chi connectivity index (χ0) is 22.3. The number of carboxylic acid groups (broad SMARTS) is 1. The first-order valence-electron chi connectivity index (χ1n) is 10.3. The van der Waals surface area contributed by atoms with Gasteiger partial charge in [-0.25, -0.2) is 4.39 Å². The van der Waals surface area contributed by atoms with Crippen molar-refractivity contribution in [2.75, 3.05) is 6.61 Å². The molecule has 0 atom stereocenters. The van der Waals surface area contributed by atoms with E-state index >= 15 is 0 Å². The number of benzene rings is 2. The smallest absolute Gasteiger partial charge is 0.309 e. The van der Waals surface area contributed by atoms with Gasteiger partial charge in [0.1, 0.15) is 11.6 Å². The van der Waals surface area contributed by atoms with Gasteiger partial charge in [-0.2, -0.15) is 0 Å². The summed E-state index contributed by atoms with van der Waals surface area (Å²) < 4.78 is 21.8. The molecule has 0 aliphatic carbocycles. The van der Waals surface area contributed by atoms with Crippen molar-refractivity contribution in [3.63, 3.8) is 0 Å². The van der Waals surface area contributed by atoms with Crippen LogP contribution in [0.3, 0.4) is 0 Å². The van der Waals surface area contributed by atoms with Crippen molar-refractivity contribution >= 4 is 5.97 Å². The molecule has 1 aromatic heterocycles. The summed E-state index contributed by atoms with van der Waals surface area (Å²) in [5, 5.41) is 9.54. The van der Waals surface area contributed by atoms with Crippen molar-refractivity contribution in [3.8, 4) is 28.0 Å². The molecule has 0 amide bonds. The molecule has 0 bridgehead atoms. The largest absolute Gasteiger partial charge is 0.493 e. The third-order valence-electron chi connectivity index (χ3n) is 6.08. The van der Waals surface area contributed by atoms with Crippen molar-refractivity contribution in [1.82, 2.24) is 4.57 Å². The van der Waals surface area contributed by atoms with Gasteiger partial charge in [0.25, 0.3) is 5.56 Å². The van der Waals surface area contributed by atoms with Crippen LogP contribution in [0, 0.1) is 19.7 Å². The Labute approximate surface area is 179 Å². The number of carbonyl (C=O) groups is 1. The van der Waals surface area contributed by atoms with Crippen LogP contribution >= 0.6 is 0 Å². The Kier molecular flexibility index (Phi) is 5.39. The van der Waals surface area contributed by atoms with E-state index in [-0.39, 0.29) is 17.5 Å². The van der Waals surface area contributed by atoms with Crippen LogP contribution < -0.4 is 10.3 Å². The van der Waals surface area contributed by atoms with Gasteiger partial charge >= 0.3 is 5.97 Å². The van der Waals surface area contributed by atoms with Crippen LogP contribution in [-0.4, -0.2) is 22.2 Å². The van der Waals surface area contributed by atoms with Crippen LogP contribution in [0.5, 0.6) is 5.75 Å². The Hall–Kier alpha value is -3.41. The molecule has 0 spiro atoms. The molecular formula is C25H24FNO4. The maximum Gasteiger partial charge on any atom is 0.309 e. The van der Waals surface area contributed by atoms with Gasteiger partial charge in [-0.15, -0.1) is 0 Å². The molecule has 31 heavy (non-hydrogen) atoms. The Morgan fingerprint density at radius 1 is 1.10 bits per heavy atom. The van der Waals surface area contributed by atoms with Gasteiger partial charge < -0.3 is 14.4 Å². The lowest BCUT2D eigenvalue weighted by Crippen LogP contribution is -2.26. The van der Waals surface area contributed by atoms with Gasteiger partial charge in [-0.1, -0.05) is 24.3 Å². The first-order chi connectivity index (χ1) is 14.8. The maximum atomic E-state index is 14.7. The molecule has 2 aromatic carbocycles. The zero-order valence-electron chi connectivity index (χ0n) is 17.8. The summed E-state index contributed by atoms with van der Waals surface area (Å²) >= 11 is 0. The Morgan fingerprint density at radius 2 is 1.84 bits per heavy atom. The second kappa shape index (κ2) is 8.02. The molecule has 1 aliphatic heterocycles. The molecule has 1 aliphatic rings. The number of hydrogen-bond donors (Lipinski definition) is 1. The standard InChI is InChI=1S/C25H24FNO4/c1-14-16-8-6-12-31-21(16)11-10-17(14)23-15(2)24(18-7-4-5-9-19(18)26)25(30)27(3)20(23)13-22(28)29/h4-5,7,9-11H,6,8,12-13H2,1-3H3,(H,28,29).